The number of carbonyl (C=O) groups excluding carboxylic acids is 1. The number of rotatable bonds is 5. The molecule has 0 aliphatic heterocycles. The molecule has 0 saturated heterocycles. The van der Waals surface area contributed by atoms with E-state index >= 15 is 0 Å². The van der Waals surface area contributed by atoms with Crippen LogP contribution in [0, 0.1) is 5.92 Å². The minimum absolute atomic E-state index is 0.118. The molecule has 2 saturated carbocycles. The van der Waals surface area contributed by atoms with Crippen LogP contribution in [0.15, 0.2) is 6.07 Å². The minimum atomic E-state index is 0.118. The lowest BCUT2D eigenvalue weighted by atomic mass is 10.0. The fraction of sp³-hybridized carbons (Fsp3) is 0.714. The summed E-state index contributed by atoms with van der Waals surface area (Å²) >= 11 is 0. The predicted octanol–water partition coefficient (Wildman–Crippen LogP) is 3.20. The Morgan fingerprint density at radius 2 is 2.11 bits per heavy atom. The van der Waals surface area contributed by atoms with E-state index < -0.39 is 0 Å². The molecule has 0 atom stereocenters. The van der Waals surface area contributed by atoms with Crippen molar-refractivity contribution in [2.45, 2.75) is 57.3 Å². The first-order chi connectivity index (χ1) is 8.81. The van der Waals surface area contributed by atoms with Gasteiger partial charge in [-0.05, 0) is 25.2 Å². The maximum Gasteiger partial charge on any atom is 0.225 e. The molecule has 0 spiro atoms. The average molecular weight is 247 g/mol. The molecule has 18 heavy (non-hydrogen) atoms. The van der Waals surface area contributed by atoms with Gasteiger partial charge in [0.2, 0.25) is 5.91 Å². The zero-order chi connectivity index (χ0) is 12.4. The maximum atomic E-state index is 11.8. The first kappa shape index (κ1) is 11.8. The van der Waals surface area contributed by atoms with Gasteiger partial charge in [-0.15, -0.1) is 0 Å². The van der Waals surface area contributed by atoms with E-state index in [-0.39, 0.29) is 5.91 Å². The largest absolute Gasteiger partial charge is 0.311 e. The molecule has 4 nitrogen and oxygen atoms in total. The second-order valence-electron chi connectivity index (χ2n) is 5.72. The van der Waals surface area contributed by atoms with E-state index in [4.69, 9.17) is 0 Å². The lowest BCUT2D eigenvalue weighted by Gasteiger charge is -2.07. The number of hydrogen-bond acceptors (Lipinski definition) is 2. The van der Waals surface area contributed by atoms with Crippen LogP contribution in [0.25, 0.3) is 0 Å². The second kappa shape index (κ2) is 5.12. The number of aromatic nitrogens is 2. The molecule has 2 N–H and O–H groups in total. The van der Waals surface area contributed by atoms with Crippen molar-refractivity contribution in [3.8, 4) is 0 Å². The van der Waals surface area contributed by atoms with E-state index in [9.17, 15) is 4.79 Å². The fourth-order valence-electron chi connectivity index (χ4n) is 2.84. The molecule has 2 fully saturated rings. The molecule has 0 aromatic carbocycles. The highest BCUT2D eigenvalue weighted by molar-refractivity contribution is 5.89. The Hall–Kier alpha value is -1.32. The van der Waals surface area contributed by atoms with E-state index in [2.05, 4.69) is 15.5 Å². The van der Waals surface area contributed by atoms with Crippen LogP contribution >= 0.6 is 0 Å². The van der Waals surface area contributed by atoms with Crippen LogP contribution in [-0.4, -0.2) is 16.1 Å². The van der Waals surface area contributed by atoms with Gasteiger partial charge in [-0.1, -0.05) is 25.7 Å². The maximum absolute atomic E-state index is 11.8. The number of aromatic amines is 1. The molecular weight excluding hydrogens is 226 g/mol. The molecule has 4 heteroatoms. The molecule has 1 aromatic heterocycles. The van der Waals surface area contributed by atoms with Crippen molar-refractivity contribution in [2.75, 3.05) is 5.32 Å². The van der Waals surface area contributed by atoms with Crippen molar-refractivity contribution in [3.05, 3.63) is 11.8 Å². The fourth-order valence-corrected chi connectivity index (χ4v) is 2.84. The zero-order valence-corrected chi connectivity index (χ0v) is 10.7. The van der Waals surface area contributed by atoms with Gasteiger partial charge in [0.25, 0.3) is 0 Å². The normalized spacial score (nSPS) is 20.2. The first-order valence-corrected chi connectivity index (χ1v) is 7.16. The molecule has 0 unspecified atom stereocenters. The van der Waals surface area contributed by atoms with Crippen molar-refractivity contribution in [1.29, 1.82) is 0 Å². The monoisotopic (exact) mass is 247 g/mol. The van der Waals surface area contributed by atoms with Crippen LogP contribution in [0.1, 0.15) is 63.0 Å². The predicted molar refractivity (Wildman–Crippen MR) is 70.4 cm³/mol. The summed E-state index contributed by atoms with van der Waals surface area (Å²) in [7, 11) is 0. The van der Waals surface area contributed by atoms with Gasteiger partial charge in [0, 0.05) is 18.4 Å². The highest BCUT2D eigenvalue weighted by Crippen LogP contribution is 2.39. The summed E-state index contributed by atoms with van der Waals surface area (Å²) in [4.78, 5) is 11.8. The number of amides is 1. The highest BCUT2D eigenvalue weighted by atomic mass is 16.1. The quantitative estimate of drug-likeness (QED) is 0.839. The SMILES string of the molecule is O=C(CCC1CCCC1)Nc1cc(C2CC2)n[nH]1. The van der Waals surface area contributed by atoms with Crippen LogP contribution in [-0.2, 0) is 4.79 Å². The number of nitrogens with zero attached hydrogens (tertiary/aromatic N) is 1. The summed E-state index contributed by atoms with van der Waals surface area (Å²) in [6.45, 7) is 0. The van der Waals surface area contributed by atoms with Gasteiger partial charge in [0.15, 0.2) is 0 Å². The van der Waals surface area contributed by atoms with Gasteiger partial charge in [0.05, 0.1) is 5.69 Å². The van der Waals surface area contributed by atoms with E-state index in [1.54, 1.807) is 0 Å². The van der Waals surface area contributed by atoms with E-state index in [0.29, 0.717) is 12.3 Å². The van der Waals surface area contributed by atoms with Crippen molar-refractivity contribution in [2.24, 2.45) is 5.92 Å². The third-order valence-electron chi connectivity index (χ3n) is 4.12. The summed E-state index contributed by atoms with van der Waals surface area (Å²) in [5.74, 6) is 2.28. The van der Waals surface area contributed by atoms with Crippen LogP contribution in [0.2, 0.25) is 0 Å². The Labute approximate surface area is 108 Å². The topological polar surface area (TPSA) is 57.8 Å². The molecule has 3 rings (SSSR count). The van der Waals surface area contributed by atoms with E-state index in [1.807, 2.05) is 6.07 Å². The van der Waals surface area contributed by atoms with Gasteiger partial charge in [-0.3, -0.25) is 9.89 Å². The number of hydrogen-bond donors (Lipinski definition) is 2. The van der Waals surface area contributed by atoms with Crippen molar-refractivity contribution in [1.82, 2.24) is 10.2 Å². The molecule has 2 aliphatic carbocycles. The molecule has 0 radical (unpaired) electrons. The van der Waals surface area contributed by atoms with Crippen molar-refractivity contribution in [3.63, 3.8) is 0 Å². The van der Waals surface area contributed by atoms with Crippen LogP contribution in [0.4, 0.5) is 5.82 Å². The van der Waals surface area contributed by atoms with Crippen LogP contribution in [0.3, 0.4) is 0 Å². The number of nitrogens with one attached hydrogen (secondary N) is 2. The van der Waals surface area contributed by atoms with Gasteiger partial charge in [-0.2, -0.15) is 5.10 Å². The van der Waals surface area contributed by atoms with Crippen molar-refractivity contribution >= 4 is 11.7 Å². The van der Waals surface area contributed by atoms with Crippen molar-refractivity contribution < 1.29 is 4.79 Å². The summed E-state index contributed by atoms with van der Waals surface area (Å²) in [6, 6.07) is 1.98. The van der Waals surface area contributed by atoms with Crippen LogP contribution in [0.5, 0.6) is 0 Å². The lowest BCUT2D eigenvalue weighted by molar-refractivity contribution is -0.116. The third kappa shape index (κ3) is 2.92. The Morgan fingerprint density at radius 1 is 1.33 bits per heavy atom. The summed E-state index contributed by atoms with van der Waals surface area (Å²) in [6.07, 6.45) is 9.46. The summed E-state index contributed by atoms with van der Waals surface area (Å²) in [5.41, 5.74) is 1.10. The second-order valence-corrected chi connectivity index (χ2v) is 5.72. The molecule has 1 amide bonds. The summed E-state index contributed by atoms with van der Waals surface area (Å²) in [5, 5.41) is 10.0. The third-order valence-corrected chi connectivity index (χ3v) is 4.12. The molecule has 1 heterocycles. The summed E-state index contributed by atoms with van der Waals surface area (Å²) < 4.78 is 0. The molecule has 2 aliphatic rings. The minimum Gasteiger partial charge on any atom is -0.311 e. The zero-order valence-electron chi connectivity index (χ0n) is 10.7. The Balaban J connectivity index is 1.44. The van der Waals surface area contributed by atoms with Gasteiger partial charge >= 0.3 is 0 Å². The number of anilines is 1. The Kier molecular flexibility index (Phi) is 3.35. The molecule has 0 bridgehead atoms. The smallest absolute Gasteiger partial charge is 0.225 e. The average Bonchev–Trinajstić information content (AvgIpc) is 2.90. The Morgan fingerprint density at radius 3 is 2.83 bits per heavy atom. The van der Waals surface area contributed by atoms with E-state index in [0.717, 1.165) is 23.9 Å². The molecule has 1 aromatic rings. The lowest BCUT2D eigenvalue weighted by Crippen LogP contribution is -2.12. The van der Waals surface area contributed by atoms with Gasteiger partial charge in [0.1, 0.15) is 5.82 Å². The number of H-pyrrole nitrogens is 1. The number of carbonyl (C=O) groups is 1. The molecule has 98 valence electrons. The van der Waals surface area contributed by atoms with Gasteiger partial charge < -0.3 is 5.32 Å². The standard InChI is InChI=1S/C14H21N3O/c18-14(8-5-10-3-1-2-4-10)15-13-9-12(16-17-13)11-6-7-11/h9-11H,1-8H2,(H2,15,16,17,18). The first-order valence-electron chi connectivity index (χ1n) is 7.16. The molecular formula is C14H21N3O. The highest BCUT2D eigenvalue weighted by Gasteiger charge is 2.26. The Bertz CT molecular complexity index is 416. The van der Waals surface area contributed by atoms with Gasteiger partial charge in [-0.25, -0.2) is 0 Å². The van der Waals surface area contributed by atoms with E-state index in [1.165, 1.54) is 38.5 Å². The van der Waals surface area contributed by atoms with Crippen LogP contribution < -0.4 is 5.32 Å².